The molecule has 4 nitrogen and oxygen atoms in total. The lowest BCUT2D eigenvalue weighted by atomic mass is 10.1. The van der Waals surface area contributed by atoms with Crippen LogP contribution in [-0.4, -0.2) is 16.2 Å². The number of hydrogen-bond acceptors (Lipinski definition) is 3. The lowest BCUT2D eigenvalue weighted by Gasteiger charge is -2.02. The highest BCUT2D eigenvalue weighted by Crippen LogP contribution is 2.31. The monoisotopic (exact) mass is 220 g/mol. The summed E-state index contributed by atoms with van der Waals surface area (Å²) in [6.45, 7) is 1.78. The van der Waals surface area contributed by atoms with Gasteiger partial charge in [-0.1, -0.05) is 13.0 Å². The number of hydrogen-bond donors (Lipinski definition) is 2. The molecule has 0 radical (unpaired) electrons. The van der Waals surface area contributed by atoms with E-state index in [-0.39, 0.29) is 18.1 Å². The van der Waals surface area contributed by atoms with E-state index in [9.17, 15) is 9.90 Å². The number of aromatic hydroxyl groups is 1. The molecule has 0 aliphatic carbocycles. The first kappa shape index (κ1) is 10.5. The van der Waals surface area contributed by atoms with Crippen LogP contribution in [0.1, 0.15) is 25.0 Å². The summed E-state index contributed by atoms with van der Waals surface area (Å²) < 4.78 is 5.49. The van der Waals surface area contributed by atoms with Crippen molar-refractivity contribution in [1.29, 1.82) is 0 Å². The second-order valence-electron chi connectivity index (χ2n) is 3.84. The van der Waals surface area contributed by atoms with Gasteiger partial charge in [-0.2, -0.15) is 0 Å². The van der Waals surface area contributed by atoms with Crippen LogP contribution in [0.5, 0.6) is 5.75 Å². The molecule has 1 atom stereocenters. The predicted molar refractivity (Wildman–Crippen MR) is 58.5 cm³/mol. The minimum atomic E-state index is -0.864. The smallest absolute Gasteiger partial charge is 0.304 e. The number of phenols is 1. The molecule has 1 aromatic carbocycles. The first-order chi connectivity index (χ1) is 7.58. The summed E-state index contributed by atoms with van der Waals surface area (Å²) in [6.07, 6.45) is 0.0145. The van der Waals surface area contributed by atoms with Crippen LogP contribution in [0.2, 0.25) is 0 Å². The standard InChI is InChI=1S/C12H12O4/c1-7(5-12(14)15)11-6-8-9(13)3-2-4-10(8)16-11/h2-4,6-7,13H,5H2,1H3,(H,14,15). The number of benzene rings is 1. The average molecular weight is 220 g/mol. The van der Waals surface area contributed by atoms with E-state index in [1.165, 1.54) is 0 Å². The largest absolute Gasteiger partial charge is 0.507 e. The Morgan fingerprint density at radius 3 is 2.88 bits per heavy atom. The molecular weight excluding hydrogens is 208 g/mol. The lowest BCUT2D eigenvalue weighted by Crippen LogP contribution is -2.01. The fraction of sp³-hybridized carbons (Fsp3) is 0.250. The maximum Gasteiger partial charge on any atom is 0.304 e. The second kappa shape index (κ2) is 3.89. The van der Waals surface area contributed by atoms with E-state index in [2.05, 4.69) is 0 Å². The maximum atomic E-state index is 10.6. The lowest BCUT2D eigenvalue weighted by molar-refractivity contribution is -0.137. The molecule has 0 saturated carbocycles. The third-order valence-corrected chi connectivity index (χ3v) is 2.52. The van der Waals surface area contributed by atoms with Gasteiger partial charge in [0.2, 0.25) is 0 Å². The fourth-order valence-corrected chi connectivity index (χ4v) is 1.67. The molecule has 0 bridgehead atoms. The summed E-state index contributed by atoms with van der Waals surface area (Å²) in [5, 5.41) is 18.9. The van der Waals surface area contributed by atoms with Gasteiger partial charge < -0.3 is 14.6 Å². The Morgan fingerprint density at radius 1 is 1.50 bits per heavy atom. The first-order valence-electron chi connectivity index (χ1n) is 5.01. The van der Waals surface area contributed by atoms with Crippen molar-refractivity contribution in [2.24, 2.45) is 0 Å². The minimum absolute atomic E-state index is 0.0145. The Balaban J connectivity index is 2.39. The molecule has 0 spiro atoms. The van der Waals surface area contributed by atoms with Crippen LogP contribution in [0.25, 0.3) is 11.0 Å². The van der Waals surface area contributed by atoms with Gasteiger partial charge in [0.1, 0.15) is 17.1 Å². The summed E-state index contributed by atoms with van der Waals surface area (Å²) in [5.41, 5.74) is 0.576. The van der Waals surface area contributed by atoms with Crippen LogP contribution in [0.15, 0.2) is 28.7 Å². The number of phenolic OH excluding ortho intramolecular Hbond substituents is 1. The maximum absolute atomic E-state index is 10.6. The van der Waals surface area contributed by atoms with Crippen LogP contribution in [0.3, 0.4) is 0 Å². The molecule has 1 aromatic heterocycles. The topological polar surface area (TPSA) is 70.7 Å². The molecule has 84 valence electrons. The summed E-state index contributed by atoms with van der Waals surface area (Å²) in [7, 11) is 0. The Bertz CT molecular complexity index is 527. The zero-order valence-corrected chi connectivity index (χ0v) is 8.80. The van der Waals surface area contributed by atoms with Gasteiger partial charge in [-0.25, -0.2) is 0 Å². The summed E-state index contributed by atoms with van der Waals surface area (Å²) in [5.74, 6) is -0.338. The van der Waals surface area contributed by atoms with Crippen molar-refractivity contribution in [1.82, 2.24) is 0 Å². The van der Waals surface area contributed by atoms with Gasteiger partial charge in [0.05, 0.1) is 11.8 Å². The molecule has 16 heavy (non-hydrogen) atoms. The molecule has 0 aliphatic heterocycles. The SMILES string of the molecule is CC(CC(=O)O)c1cc2c(O)cccc2o1. The number of carboxylic acid groups (broad SMARTS) is 1. The zero-order valence-electron chi connectivity index (χ0n) is 8.80. The molecule has 0 saturated heterocycles. The van der Waals surface area contributed by atoms with Crippen molar-refractivity contribution in [3.05, 3.63) is 30.0 Å². The predicted octanol–water partition coefficient (Wildman–Crippen LogP) is 2.72. The number of aliphatic carboxylic acids is 1. The van der Waals surface area contributed by atoms with Crippen molar-refractivity contribution >= 4 is 16.9 Å². The number of rotatable bonds is 3. The minimum Gasteiger partial charge on any atom is -0.507 e. The highest BCUT2D eigenvalue weighted by molar-refractivity contribution is 5.84. The van der Waals surface area contributed by atoms with E-state index < -0.39 is 5.97 Å². The summed E-state index contributed by atoms with van der Waals surface area (Å²) in [4.78, 5) is 10.6. The van der Waals surface area contributed by atoms with Crippen molar-refractivity contribution in [3.63, 3.8) is 0 Å². The molecule has 2 aromatic rings. The van der Waals surface area contributed by atoms with E-state index >= 15 is 0 Å². The molecule has 2 N–H and O–H groups in total. The summed E-state index contributed by atoms with van der Waals surface area (Å²) >= 11 is 0. The van der Waals surface area contributed by atoms with Gasteiger partial charge in [-0.3, -0.25) is 4.79 Å². The normalized spacial score (nSPS) is 12.8. The summed E-state index contributed by atoms with van der Waals surface area (Å²) in [6, 6.07) is 6.70. The van der Waals surface area contributed by atoms with Gasteiger partial charge in [-0.05, 0) is 18.2 Å². The number of fused-ring (bicyclic) bond motifs is 1. The molecule has 1 heterocycles. The van der Waals surface area contributed by atoms with Crippen molar-refractivity contribution < 1.29 is 19.4 Å². The number of furan rings is 1. The molecule has 1 unspecified atom stereocenters. The first-order valence-corrected chi connectivity index (χ1v) is 5.01. The molecule has 0 aliphatic rings. The number of carbonyl (C=O) groups is 1. The molecule has 0 amide bonds. The van der Waals surface area contributed by atoms with Crippen LogP contribution in [0.4, 0.5) is 0 Å². The zero-order chi connectivity index (χ0) is 11.7. The van der Waals surface area contributed by atoms with Gasteiger partial charge in [0, 0.05) is 5.92 Å². The second-order valence-corrected chi connectivity index (χ2v) is 3.84. The Hall–Kier alpha value is -1.97. The van der Waals surface area contributed by atoms with Crippen LogP contribution < -0.4 is 0 Å². The van der Waals surface area contributed by atoms with Crippen LogP contribution in [-0.2, 0) is 4.79 Å². The number of carboxylic acids is 1. The van der Waals surface area contributed by atoms with E-state index in [4.69, 9.17) is 9.52 Å². The Labute approximate surface area is 92.1 Å². The molecule has 2 rings (SSSR count). The molecule has 0 fully saturated rings. The fourth-order valence-electron chi connectivity index (χ4n) is 1.67. The highest BCUT2D eigenvalue weighted by Gasteiger charge is 2.15. The quantitative estimate of drug-likeness (QED) is 0.834. The van der Waals surface area contributed by atoms with E-state index in [0.29, 0.717) is 16.7 Å². The Kier molecular flexibility index (Phi) is 2.56. The van der Waals surface area contributed by atoms with Gasteiger partial charge in [-0.15, -0.1) is 0 Å². The highest BCUT2D eigenvalue weighted by atomic mass is 16.4. The van der Waals surface area contributed by atoms with Crippen molar-refractivity contribution in [2.45, 2.75) is 19.3 Å². The van der Waals surface area contributed by atoms with Crippen molar-refractivity contribution in [3.8, 4) is 5.75 Å². The Morgan fingerprint density at radius 2 is 2.25 bits per heavy atom. The third kappa shape index (κ3) is 1.86. The molecular formula is C12H12O4. The molecule has 4 heteroatoms. The van der Waals surface area contributed by atoms with Gasteiger partial charge in [0.15, 0.2) is 0 Å². The van der Waals surface area contributed by atoms with E-state index in [1.807, 2.05) is 0 Å². The van der Waals surface area contributed by atoms with E-state index in [1.54, 1.807) is 31.2 Å². The third-order valence-electron chi connectivity index (χ3n) is 2.52. The van der Waals surface area contributed by atoms with Crippen molar-refractivity contribution in [2.75, 3.05) is 0 Å². The van der Waals surface area contributed by atoms with Crippen LogP contribution >= 0.6 is 0 Å². The van der Waals surface area contributed by atoms with Gasteiger partial charge in [0.25, 0.3) is 0 Å². The van der Waals surface area contributed by atoms with Crippen LogP contribution in [0, 0.1) is 0 Å². The average Bonchev–Trinajstić information content (AvgIpc) is 2.61. The van der Waals surface area contributed by atoms with Gasteiger partial charge >= 0.3 is 5.97 Å². The van der Waals surface area contributed by atoms with E-state index in [0.717, 1.165) is 0 Å².